The maximum atomic E-state index is 11.8. The van der Waals surface area contributed by atoms with Gasteiger partial charge in [-0.25, -0.2) is 4.79 Å². The van der Waals surface area contributed by atoms with Crippen LogP contribution in [0.15, 0.2) is 35.3 Å². The van der Waals surface area contributed by atoms with Crippen molar-refractivity contribution in [1.29, 1.82) is 0 Å². The van der Waals surface area contributed by atoms with E-state index in [1.165, 1.54) is 0 Å². The van der Waals surface area contributed by atoms with Crippen molar-refractivity contribution < 1.29 is 0 Å². The maximum absolute atomic E-state index is 11.8. The third-order valence-corrected chi connectivity index (χ3v) is 2.98. The number of nitrogens with one attached hydrogen (secondary N) is 1. The molecule has 0 atom stereocenters. The zero-order chi connectivity index (χ0) is 12.0. The summed E-state index contributed by atoms with van der Waals surface area (Å²) in [4.78, 5) is 19.0. The van der Waals surface area contributed by atoms with Crippen molar-refractivity contribution in [1.82, 2.24) is 14.5 Å². The lowest BCUT2D eigenvalue weighted by molar-refractivity contribution is 0.569. The van der Waals surface area contributed by atoms with Crippen molar-refractivity contribution in [3.05, 3.63) is 40.9 Å². The van der Waals surface area contributed by atoms with Gasteiger partial charge >= 0.3 is 5.69 Å². The van der Waals surface area contributed by atoms with Gasteiger partial charge in [0.05, 0.1) is 0 Å². The Morgan fingerprint density at radius 2 is 2.00 bits per heavy atom. The Morgan fingerprint density at radius 1 is 1.24 bits per heavy atom. The Kier molecular flexibility index (Phi) is 2.04. The summed E-state index contributed by atoms with van der Waals surface area (Å²) < 4.78 is 1.66. The van der Waals surface area contributed by atoms with Crippen LogP contribution in [0.4, 0.5) is 0 Å². The molecule has 2 aromatic heterocycles. The van der Waals surface area contributed by atoms with Crippen molar-refractivity contribution in [2.24, 2.45) is 0 Å². The van der Waals surface area contributed by atoms with Crippen LogP contribution in [0.5, 0.6) is 0 Å². The second-order valence-electron chi connectivity index (χ2n) is 4.46. The number of para-hydroxylation sites is 1. The molecule has 0 radical (unpaired) electrons. The molecule has 0 unspecified atom stereocenters. The van der Waals surface area contributed by atoms with Crippen LogP contribution in [0.3, 0.4) is 0 Å². The van der Waals surface area contributed by atoms with Crippen molar-refractivity contribution in [3.8, 4) is 0 Å². The number of nitrogens with zero attached hydrogens (tertiary/aromatic N) is 2. The highest BCUT2D eigenvalue weighted by Gasteiger charge is 2.09. The molecule has 0 fully saturated rings. The molecule has 2 heterocycles. The van der Waals surface area contributed by atoms with Gasteiger partial charge in [-0.3, -0.25) is 4.57 Å². The molecule has 4 heteroatoms. The third-order valence-electron chi connectivity index (χ3n) is 2.98. The summed E-state index contributed by atoms with van der Waals surface area (Å²) in [5.41, 5.74) is 1.46. The number of benzene rings is 1. The lowest BCUT2D eigenvalue weighted by Gasteiger charge is -2.07. The molecule has 0 spiro atoms. The number of H-pyrrole nitrogens is 1. The van der Waals surface area contributed by atoms with Crippen molar-refractivity contribution in [3.63, 3.8) is 0 Å². The van der Waals surface area contributed by atoms with Crippen molar-refractivity contribution in [2.45, 2.75) is 19.9 Å². The van der Waals surface area contributed by atoms with Gasteiger partial charge < -0.3 is 4.98 Å². The van der Waals surface area contributed by atoms with Crippen LogP contribution in [0.1, 0.15) is 19.9 Å². The van der Waals surface area contributed by atoms with Crippen LogP contribution in [0.25, 0.3) is 21.9 Å². The predicted molar refractivity (Wildman–Crippen MR) is 68.2 cm³/mol. The molecule has 86 valence electrons. The highest BCUT2D eigenvalue weighted by Crippen LogP contribution is 2.22. The van der Waals surface area contributed by atoms with E-state index in [1.807, 2.05) is 44.3 Å². The molecule has 0 aliphatic heterocycles. The van der Waals surface area contributed by atoms with Crippen LogP contribution in [0, 0.1) is 0 Å². The van der Waals surface area contributed by atoms with Gasteiger partial charge in [0, 0.05) is 28.5 Å². The number of hydrogen-bond acceptors (Lipinski definition) is 2. The zero-order valence-corrected chi connectivity index (χ0v) is 9.77. The molecule has 0 saturated carbocycles. The van der Waals surface area contributed by atoms with E-state index in [2.05, 4.69) is 9.97 Å². The van der Waals surface area contributed by atoms with Gasteiger partial charge in [0.1, 0.15) is 5.65 Å². The monoisotopic (exact) mass is 227 g/mol. The average molecular weight is 227 g/mol. The van der Waals surface area contributed by atoms with Crippen LogP contribution < -0.4 is 5.69 Å². The molecule has 1 N–H and O–H groups in total. The number of rotatable bonds is 1. The first-order valence-corrected chi connectivity index (χ1v) is 5.66. The van der Waals surface area contributed by atoms with E-state index >= 15 is 0 Å². The van der Waals surface area contributed by atoms with Gasteiger partial charge in [0.2, 0.25) is 0 Å². The second kappa shape index (κ2) is 3.45. The highest BCUT2D eigenvalue weighted by atomic mass is 16.1. The SMILES string of the molecule is CC(C)n1cc2c(nc1=O)[nH]c1ccccc12. The van der Waals surface area contributed by atoms with E-state index in [9.17, 15) is 4.79 Å². The molecule has 4 nitrogen and oxygen atoms in total. The number of aromatic nitrogens is 3. The quantitative estimate of drug-likeness (QED) is 0.694. The first-order chi connectivity index (χ1) is 8.16. The minimum atomic E-state index is -0.209. The summed E-state index contributed by atoms with van der Waals surface area (Å²) in [5.74, 6) is 0. The van der Waals surface area contributed by atoms with Gasteiger partial charge in [0.25, 0.3) is 0 Å². The van der Waals surface area contributed by atoms with Gasteiger partial charge in [-0.1, -0.05) is 18.2 Å². The number of aromatic amines is 1. The van der Waals surface area contributed by atoms with E-state index in [4.69, 9.17) is 0 Å². The molecule has 1 aromatic carbocycles. The minimum Gasteiger partial charge on any atom is -0.339 e. The molecule has 0 bridgehead atoms. The second-order valence-corrected chi connectivity index (χ2v) is 4.46. The lowest BCUT2D eigenvalue weighted by Crippen LogP contribution is -2.23. The number of hydrogen-bond donors (Lipinski definition) is 1. The molecular formula is C13H13N3O. The maximum Gasteiger partial charge on any atom is 0.349 e. The lowest BCUT2D eigenvalue weighted by atomic mass is 10.2. The highest BCUT2D eigenvalue weighted by molar-refractivity contribution is 6.05. The smallest absolute Gasteiger partial charge is 0.339 e. The zero-order valence-electron chi connectivity index (χ0n) is 9.77. The molecule has 17 heavy (non-hydrogen) atoms. The summed E-state index contributed by atoms with van der Waals surface area (Å²) >= 11 is 0. The summed E-state index contributed by atoms with van der Waals surface area (Å²) in [6.45, 7) is 3.95. The van der Waals surface area contributed by atoms with Crippen molar-refractivity contribution >= 4 is 21.9 Å². The Balaban J connectivity index is 2.48. The van der Waals surface area contributed by atoms with E-state index in [-0.39, 0.29) is 11.7 Å². The van der Waals surface area contributed by atoms with E-state index in [0.29, 0.717) is 5.65 Å². The fourth-order valence-electron chi connectivity index (χ4n) is 2.09. The Bertz CT molecular complexity index is 752. The predicted octanol–water partition coefficient (Wildman–Crippen LogP) is 2.46. The van der Waals surface area contributed by atoms with E-state index in [0.717, 1.165) is 16.3 Å². The molecular weight excluding hydrogens is 214 g/mol. The first-order valence-electron chi connectivity index (χ1n) is 5.66. The summed E-state index contributed by atoms with van der Waals surface area (Å²) in [5, 5.41) is 2.10. The van der Waals surface area contributed by atoms with Crippen LogP contribution >= 0.6 is 0 Å². The van der Waals surface area contributed by atoms with Gasteiger partial charge in [-0.05, 0) is 19.9 Å². The molecule has 0 saturated heterocycles. The standard InChI is InChI=1S/C13H13N3O/c1-8(2)16-7-10-9-5-3-4-6-11(9)14-12(10)15-13(16)17/h3-8H,1-2H3,(H,14,15,17). The summed E-state index contributed by atoms with van der Waals surface area (Å²) in [7, 11) is 0. The van der Waals surface area contributed by atoms with Gasteiger partial charge in [0.15, 0.2) is 0 Å². The Morgan fingerprint density at radius 3 is 2.76 bits per heavy atom. The van der Waals surface area contributed by atoms with Crippen LogP contribution in [-0.4, -0.2) is 14.5 Å². The molecule has 0 amide bonds. The fourth-order valence-corrected chi connectivity index (χ4v) is 2.09. The Labute approximate surface area is 97.9 Å². The molecule has 0 aliphatic rings. The molecule has 3 aromatic rings. The average Bonchev–Trinajstić information content (AvgIpc) is 2.64. The topological polar surface area (TPSA) is 50.7 Å². The Hall–Kier alpha value is -2.10. The van der Waals surface area contributed by atoms with E-state index in [1.54, 1.807) is 4.57 Å². The fraction of sp³-hybridized carbons (Fsp3) is 0.231. The minimum absolute atomic E-state index is 0.119. The molecule has 3 rings (SSSR count). The van der Waals surface area contributed by atoms with Gasteiger partial charge in [-0.15, -0.1) is 0 Å². The van der Waals surface area contributed by atoms with Crippen LogP contribution in [0.2, 0.25) is 0 Å². The summed E-state index contributed by atoms with van der Waals surface area (Å²) in [6.07, 6.45) is 1.88. The largest absolute Gasteiger partial charge is 0.349 e. The van der Waals surface area contributed by atoms with Crippen molar-refractivity contribution in [2.75, 3.05) is 0 Å². The third kappa shape index (κ3) is 1.45. The number of fused-ring (bicyclic) bond motifs is 3. The molecule has 0 aliphatic carbocycles. The normalized spacial score (nSPS) is 11.7. The van der Waals surface area contributed by atoms with E-state index < -0.39 is 0 Å². The first kappa shape index (κ1) is 10.1. The van der Waals surface area contributed by atoms with Gasteiger partial charge in [-0.2, -0.15) is 4.98 Å². The summed E-state index contributed by atoms with van der Waals surface area (Å²) in [6, 6.07) is 8.09. The van der Waals surface area contributed by atoms with Crippen LogP contribution in [-0.2, 0) is 0 Å².